The summed E-state index contributed by atoms with van der Waals surface area (Å²) in [4.78, 5) is 24.9. The van der Waals surface area contributed by atoms with Crippen molar-refractivity contribution in [3.8, 4) is 0 Å². The van der Waals surface area contributed by atoms with E-state index in [1.165, 1.54) is 11.3 Å². The van der Waals surface area contributed by atoms with Crippen molar-refractivity contribution in [1.82, 2.24) is 0 Å². The first-order valence-corrected chi connectivity index (χ1v) is 8.66. The van der Waals surface area contributed by atoms with Crippen LogP contribution in [-0.4, -0.2) is 17.0 Å². The summed E-state index contributed by atoms with van der Waals surface area (Å²) >= 11 is 7.23. The molecule has 6 heteroatoms. The van der Waals surface area contributed by atoms with E-state index in [1.54, 1.807) is 24.3 Å². The van der Waals surface area contributed by atoms with Crippen LogP contribution in [0.1, 0.15) is 39.2 Å². The second-order valence-corrected chi connectivity index (χ2v) is 7.11. The predicted molar refractivity (Wildman–Crippen MR) is 91.7 cm³/mol. The van der Waals surface area contributed by atoms with E-state index in [9.17, 15) is 14.7 Å². The van der Waals surface area contributed by atoms with Gasteiger partial charge in [0.2, 0.25) is 5.91 Å². The molecule has 4 nitrogen and oxygen atoms in total. The van der Waals surface area contributed by atoms with Crippen LogP contribution in [0.5, 0.6) is 0 Å². The molecule has 1 amide bonds. The van der Waals surface area contributed by atoms with Gasteiger partial charge in [0.1, 0.15) is 5.00 Å². The number of aryl methyl sites for hydroxylation is 1. The number of thiophene rings is 1. The average Bonchev–Trinajstić information content (AvgIpc) is 2.87. The van der Waals surface area contributed by atoms with Crippen LogP contribution in [0.25, 0.3) is 0 Å². The Morgan fingerprint density at radius 3 is 2.57 bits per heavy atom. The highest BCUT2D eigenvalue weighted by molar-refractivity contribution is 7.17. The fraction of sp³-hybridized carbons (Fsp3) is 0.294. The van der Waals surface area contributed by atoms with Crippen LogP contribution in [0, 0.1) is 0 Å². The fourth-order valence-corrected chi connectivity index (χ4v) is 4.26. The second kappa shape index (κ2) is 6.72. The van der Waals surface area contributed by atoms with Gasteiger partial charge >= 0.3 is 5.97 Å². The highest BCUT2D eigenvalue weighted by Crippen LogP contribution is 2.38. The number of fused-ring (bicyclic) bond motifs is 1. The molecule has 0 radical (unpaired) electrons. The molecule has 1 aliphatic carbocycles. The summed E-state index contributed by atoms with van der Waals surface area (Å²) < 4.78 is 0. The molecule has 3 rings (SSSR count). The first-order chi connectivity index (χ1) is 11.0. The molecule has 1 aliphatic rings. The summed E-state index contributed by atoms with van der Waals surface area (Å²) in [5.74, 6) is -1.18. The number of hydrogen-bond donors (Lipinski definition) is 2. The maximum absolute atomic E-state index is 12.2. The summed E-state index contributed by atoms with van der Waals surface area (Å²) in [6.07, 6.45) is 3.94. The van der Waals surface area contributed by atoms with Crippen molar-refractivity contribution in [3.05, 3.63) is 50.9 Å². The van der Waals surface area contributed by atoms with Gasteiger partial charge in [-0.15, -0.1) is 11.3 Å². The molecular weight excluding hydrogens is 334 g/mol. The Morgan fingerprint density at radius 1 is 1.17 bits per heavy atom. The van der Waals surface area contributed by atoms with Crippen LogP contribution in [0.15, 0.2) is 24.3 Å². The Balaban J connectivity index is 1.79. The first-order valence-electron chi connectivity index (χ1n) is 7.46. The number of carbonyl (C=O) groups excluding carboxylic acids is 1. The maximum atomic E-state index is 12.2. The number of carboxylic acids is 1. The summed E-state index contributed by atoms with van der Waals surface area (Å²) in [5.41, 5.74) is 2.01. The topological polar surface area (TPSA) is 66.4 Å². The number of anilines is 1. The van der Waals surface area contributed by atoms with Gasteiger partial charge in [0, 0.05) is 9.90 Å². The molecule has 0 aliphatic heterocycles. The molecule has 0 saturated heterocycles. The third-order valence-corrected chi connectivity index (χ3v) is 5.38. The van der Waals surface area contributed by atoms with Gasteiger partial charge in [-0.2, -0.15) is 0 Å². The molecule has 120 valence electrons. The molecule has 1 aromatic heterocycles. The second-order valence-electron chi connectivity index (χ2n) is 5.57. The number of amides is 1. The van der Waals surface area contributed by atoms with Crippen molar-refractivity contribution in [3.63, 3.8) is 0 Å². The lowest BCUT2D eigenvalue weighted by atomic mass is 9.95. The predicted octanol–water partition coefficient (Wildman–Crippen LogP) is 4.16. The normalized spacial score (nSPS) is 13.4. The van der Waals surface area contributed by atoms with E-state index in [2.05, 4.69) is 5.32 Å². The number of hydrogen-bond acceptors (Lipinski definition) is 3. The van der Waals surface area contributed by atoms with Gasteiger partial charge in [-0.1, -0.05) is 23.7 Å². The standard InChI is InChI=1S/C17H16ClNO3S/c18-11-7-5-10(6-8-11)9-14(20)19-16-15(17(21)22)12-3-1-2-4-13(12)23-16/h5-8H,1-4,9H2,(H,19,20)(H,21,22). The number of carbonyl (C=O) groups is 2. The van der Waals surface area contributed by atoms with E-state index in [4.69, 9.17) is 11.6 Å². The van der Waals surface area contributed by atoms with E-state index in [1.807, 2.05) is 0 Å². The molecule has 23 heavy (non-hydrogen) atoms. The smallest absolute Gasteiger partial charge is 0.339 e. The minimum absolute atomic E-state index is 0.193. The van der Waals surface area contributed by atoms with Gasteiger partial charge in [-0.25, -0.2) is 4.79 Å². The van der Waals surface area contributed by atoms with E-state index < -0.39 is 5.97 Å². The average molecular weight is 350 g/mol. The van der Waals surface area contributed by atoms with Gasteiger partial charge in [-0.3, -0.25) is 4.79 Å². The maximum Gasteiger partial charge on any atom is 0.339 e. The molecule has 0 unspecified atom stereocenters. The highest BCUT2D eigenvalue weighted by Gasteiger charge is 2.25. The Hall–Kier alpha value is -1.85. The third-order valence-electron chi connectivity index (χ3n) is 3.92. The molecule has 0 atom stereocenters. The third kappa shape index (κ3) is 3.57. The van der Waals surface area contributed by atoms with Gasteiger partial charge in [0.15, 0.2) is 0 Å². The monoisotopic (exact) mass is 349 g/mol. The molecule has 0 saturated carbocycles. The summed E-state index contributed by atoms with van der Waals surface area (Å²) in [6, 6.07) is 7.05. The zero-order valence-corrected chi connectivity index (χ0v) is 14.0. The van der Waals surface area contributed by atoms with Crippen LogP contribution in [0.4, 0.5) is 5.00 Å². The van der Waals surface area contributed by atoms with Crippen LogP contribution >= 0.6 is 22.9 Å². The molecule has 0 bridgehead atoms. The summed E-state index contributed by atoms with van der Waals surface area (Å²) in [6.45, 7) is 0. The highest BCUT2D eigenvalue weighted by atomic mass is 35.5. The molecule has 1 aromatic carbocycles. The Labute approximate surface area is 143 Å². The molecule has 2 N–H and O–H groups in total. The quantitative estimate of drug-likeness (QED) is 0.871. The van der Waals surface area contributed by atoms with Gasteiger partial charge in [-0.05, 0) is 48.9 Å². The molecule has 2 aromatic rings. The van der Waals surface area contributed by atoms with Crippen molar-refractivity contribution < 1.29 is 14.7 Å². The zero-order valence-electron chi connectivity index (χ0n) is 12.4. The minimum Gasteiger partial charge on any atom is -0.478 e. The number of aromatic carboxylic acids is 1. The lowest BCUT2D eigenvalue weighted by Crippen LogP contribution is -2.16. The summed E-state index contributed by atoms with van der Waals surface area (Å²) in [7, 11) is 0. The van der Waals surface area contributed by atoms with E-state index in [0.29, 0.717) is 10.0 Å². The first kappa shape index (κ1) is 16.0. The Morgan fingerprint density at radius 2 is 1.87 bits per heavy atom. The molecule has 0 fully saturated rings. The SMILES string of the molecule is O=C(Cc1ccc(Cl)cc1)Nc1sc2c(c1C(=O)O)CCCC2. The van der Waals surface area contributed by atoms with E-state index in [0.717, 1.165) is 41.7 Å². The number of halogens is 1. The summed E-state index contributed by atoms with van der Waals surface area (Å²) in [5, 5.41) is 13.3. The Bertz CT molecular complexity index is 752. The van der Waals surface area contributed by atoms with Crippen LogP contribution in [-0.2, 0) is 24.1 Å². The van der Waals surface area contributed by atoms with Gasteiger partial charge < -0.3 is 10.4 Å². The molecule has 0 spiro atoms. The van der Waals surface area contributed by atoms with E-state index in [-0.39, 0.29) is 17.9 Å². The largest absolute Gasteiger partial charge is 0.478 e. The van der Waals surface area contributed by atoms with Crippen LogP contribution in [0.2, 0.25) is 5.02 Å². The fourth-order valence-electron chi connectivity index (χ4n) is 2.84. The van der Waals surface area contributed by atoms with Crippen molar-refractivity contribution in [1.29, 1.82) is 0 Å². The van der Waals surface area contributed by atoms with E-state index >= 15 is 0 Å². The minimum atomic E-state index is -0.966. The molecule has 1 heterocycles. The lowest BCUT2D eigenvalue weighted by Gasteiger charge is -2.10. The Kier molecular flexibility index (Phi) is 4.68. The van der Waals surface area contributed by atoms with Crippen molar-refractivity contribution in [2.75, 3.05) is 5.32 Å². The van der Waals surface area contributed by atoms with Gasteiger partial charge in [0.25, 0.3) is 0 Å². The number of rotatable bonds is 4. The van der Waals surface area contributed by atoms with Crippen LogP contribution < -0.4 is 5.32 Å². The number of carboxylic acid groups (broad SMARTS) is 1. The zero-order chi connectivity index (χ0) is 16.4. The molecular formula is C17H16ClNO3S. The number of nitrogens with one attached hydrogen (secondary N) is 1. The number of benzene rings is 1. The lowest BCUT2D eigenvalue weighted by molar-refractivity contribution is -0.115. The van der Waals surface area contributed by atoms with Crippen molar-refractivity contribution in [2.45, 2.75) is 32.1 Å². The van der Waals surface area contributed by atoms with Gasteiger partial charge in [0.05, 0.1) is 12.0 Å². The van der Waals surface area contributed by atoms with Crippen molar-refractivity contribution >= 4 is 39.8 Å². The van der Waals surface area contributed by atoms with Crippen LogP contribution in [0.3, 0.4) is 0 Å². The van der Waals surface area contributed by atoms with Crippen molar-refractivity contribution in [2.24, 2.45) is 0 Å².